The minimum atomic E-state index is -0.796. The summed E-state index contributed by atoms with van der Waals surface area (Å²) in [6, 6.07) is 11.1. The molecule has 7 nitrogen and oxygen atoms in total. The monoisotopic (exact) mass is 396 g/mol. The molecule has 8 heteroatoms. The van der Waals surface area contributed by atoms with E-state index in [2.05, 4.69) is 5.16 Å². The Kier molecular flexibility index (Phi) is 4.48. The van der Waals surface area contributed by atoms with Gasteiger partial charge in [-0.25, -0.2) is 0 Å². The van der Waals surface area contributed by atoms with Crippen LogP contribution in [-0.4, -0.2) is 29.1 Å². The predicted octanol–water partition coefficient (Wildman–Crippen LogP) is 3.68. The van der Waals surface area contributed by atoms with Gasteiger partial charge in [0.05, 0.1) is 12.7 Å². The number of nitrogens with zero attached hydrogens (tertiary/aromatic N) is 2. The summed E-state index contributed by atoms with van der Waals surface area (Å²) in [4.78, 5) is 27.7. The normalized spacial score (nSPS) is 18.6. The summed E-state index contributed by atoms with van der Waals surface area (Å²) in [5, 5.41) is 16.7. The number of hydrogen-bond acceptors (Lipinski definition) is 7. The van der Waals surface area contributed by atoms with Crippen molar-refractivity contribution in [3.63, 3.8) is 0 Å². The number of benzene rings is 1. The van der Waals surface area contributed by atoms with Crippen LogP contribution in [0.3, 0.4) is 0 Å². The van der Waals surface area contributed by atoms with E-state index in [-0.39, 0.29) is 17.2 Å². The highest BCUT2D eigenvalue weighted by Crippen LogP contribution is 2.43. The van der Waals surface area contributed by atoms with E-state index in [1.54, 1.807) is 43.3 Å². The Bertz CT molecular complexity index is 1080. The number of aromatic nitrogens is 1. The van der Waals surface area contributed by atoms with Crippen molar-refractivity contribution in [3.8, 4) is 5.75 Å². The van der Waals surface area contributed by atoms with E-state index in [1.165, 1.54) is 23.3 Å². The highest BCUT2D eigenvalue weighted by atomic mass is 32.1. The Morgan fingerprint density at radius 2 is 2.07 bits per heavy atom. The van der Waals surface area contributed by atoms with Gasteiger partial charge in [0.2, 0.25) is 0 Å². The van der Waals surface area contributed by atoms with Gasteiger partial charge in [-0.2, -0.15) is 0 Å². The van der Waals surface area contributed by atoms with Crippen LogP contribution in [0.5, 0.6) is 5.75 Å². The maximum absolute atomic E-state index is 12.9. The fraction of sp³-hybridized carbons (Fsp3) is 0.150. The first-order valence-corrected chi connectivity index (χ1v) is 9.31. The molecule has 2 aromatic heterocycles. The van der Waals surface area contributed by atoms with Gasteiger partial charge in [0.15, 0.2) is 5.82 Å². The lowest BCUT2D eigenvalue weighted by Gasteiger charge is -2.21. The number of thiophene rings is 1. The number of aliphatic hydroxyl groups is 1. The van der Waals surface area contributed by atoms with Crippen LogP contribution in [0.25, 0.3) is 5.76 Å². The number of ketones is 1. The summed E-state index contributed by atoms with van der Waals surface area (Å²) >= 11 is 1.38. The molecule has 0 saturated carbocycles. The lowest BCUT2D eigenvalue weighted by Crippen LogP contribution is -2.29. The van der Waals surface area contributed by atoms with E-state index in [4.69, 9.17) is 9.26 Å². The van der Waals surface area contributed by atoms with Gasteiger partial charge in [-0.3, -0.25) is 14.5 Å². The lowest BCUT2D eigenvalue weighted by molar-refractivity contribution is -0.132. The number of amides is 1. The number of aliphatic hydroxyl groups excluding tert-OH is 1. The summed E-state index contributed by atoms with van der Waals surface area (Å²) in [7, 11) is 1.51. The summed E-state index contributed by atoms with van der Waals surface area (Å²) in [5.41, 5.74) is 0.386. The molecule has 1 aliphatic heterocycles. The van der Waals surface area contributed by atoms with Gasteiger partial charge < -0.3 is 14.4 Å². The minimum Gasteiger partial charge on any atom is -0.507 e. The van der Waals surface area contributed by atoms with Crippen molar-refractivity contribution < 1.29 is 24.0 Å². The summed E-state index contributed by atoms with van der Waals surface area (Å²) in [6.07, 6.45) is 0. The number of aryl methyl sites for hydroxylation is 1. The first-order valence-electron chi connectivity index (χ1n) is 8.43. The zero-order valence-electron chi connectivity index (χ0n) is 15.1. The Hall–Kier alpha value is -3.39. The molecule has 1 saturated heterocycles. The van der Waals surface area contributed by atoms with Crippen LogP contribution in [0.4, 0.5) is 5.82 Å². The lowest BCUT2D eigenvalue weighted by atomic mass is 10.00. The molecule has 1 aromatic carbocycles. The molecule has 142 valence electrons. The molecule has 1 amide bonds. The van der Waals surface area contributed by atoms with Crippen molar-refractivity contribution in [1.29, 1.82) is 0 Å². The number of carbonyl (C=O) groups excluding carboxylic acids is 2. The van der Waals surface area contributed by atoms with Gasteiger partial charge in [0, 0.05) is 16.5 Å². The number of hydrogen-bond donors (Lipinski definition) is 1. The smallest absolute Gasteiger partial charge is 0.301 e. The Morgan fingerprint density at radius 1 is 1.25 bits per heavy atom. The van der Waals surface area contributed by atoms with Gasteiger partial charge in [-0.05, 0) is 30.5 Å². The number of Topliss-reactive ketones (excluding diaryl/α,β-unsaturated/α-hetero) is 1. The molecule has 4 rings (SSSR count). The molecule has 0 unspecified atom stereocenters. The van der Waals surface area contributed by atoms with Crippen molar-refractivity contribution in [1.82, 2.24) is 5.16 Å². The standard InChI is InChI=1S/C20H16N2O5S/c1-11-9-15(21-27-11)22-17(14-7-4-8-28-14)16(19(24)20(22)25)18(23)12-5-3-6-13(10-12)26-2/h3-10,17,23H,1-2H3/t17-/m0/s1. The molecule has 1 atom stereocenters. The molecule has 0 bridgehead atoms. The fourth-order valence-electron chi connectivity index (χ4n) is 3.18. The Labute approximate surface area is 164 Å². The maximum Gasteiger partial charge on any atom is 0.301 e. The van der Waals surface area contributed by atoms with Crippen LogP contribution < -0.4 is 9.64 Å². The SMILES string of the molecule is COc1cccc(C(O)=C2C(=O)C(=O)N(c3cc(C)on3)[C@H]2c2cccs2)c1. The van der Waals surface area contributed by atoms with Gasteiger partial charge in [0.25, 0.3) is 5.78 Å². The second kappa shape index (κ2) is 6.97. The van der Waals surface area contributed by atoms with E-state index in [9.17, 15) is 14.7 Å². The average molecular weight is 396 g/mol. The molecule has 0 spiro atoms. The summed E-state index contributed by atoms with van der Waals surface area (Å²) in [6.45, 7) is 1.70. The highest BCUT2D eigenvalue weighted by molar-refractivity contribution is 7.10. The molecular formula is C20H16N2O5S. The number of carbonyl (C=O) groups is 2. The first kappa shape index (κ1) is 18.0. The van der Waals surface area contributed by atoms with Crippen molar-refractivity contribution in [2.75, 3.05) is 12.0 Å². The van der Waals surface area contributed by atoms with E-state index in [1.807, 2.05) is 11.4 Å². The molecule has 1 aliphatic rings. The molecule has 0 radical (unpaired) electrons. The van der Waals surface area contributed by atoms with Gasteiger partial charge in [0.1, 0.15) is 23.3 Å². The second-order valence-corrected chi connectivity index (χ2v) is 7.19. The van der Waals surface area contributed by atoms with E-state index in [0.717, 1.165) is 4.88 Å². The van der Waals surface area contributed by atoms with Crippen molar-refractivity contribution >= 4 is 34.6 Å². The second-order valence-electron chi connectivity index (χ2n) is 6.21. The number of methoxy groups -OCH3 is 1. The maximum atomic E-state index is 12.9. The Morgan fingerprint density at radius 3 is 2.71 bits per heavy atom. The van der Waals surface area contributed by atoms with Crippen molar-refractivity contribution in [2.24, 2.45) is 0 Å². The van der Waals surface area contributed by atoms with Gasteiger partial charge in [-0.1, -0.05) is 23.4 Å². The summed E-state index contributed by atoms with van der Waals surface area (Å²) in [5.74, 6) is -0.552. The number of anilines is 1. The van der Waals surface area contributed by atoms with Crippen LogP contribution in [0.1, 0.15) is 22.2 Å². The van der Waals surface area contributed by atoms with Crippen LogP contribution in [0, 0.1) is 6.92 Å². The zero-order valence-corrected chi connectivity index (χ0v) is 15.9. The molecular weight excluding hydrogens is 380 g/mol. The molecule has 3 aromatic rings. The van der Waals surface area contributed by atoms with Gasteiger partial charge in [-0.15, -0.1) is 11.3 Å². The fourth-order valence-corrected chi connectivity index (χ4v) is 4.00. The average Bonchev–Trinajstić information content (AvgIpc) is 3.42. The first-order chi connectivity index (χ1) is 13.5. The Balaban J connectivity index is 1.92. The molecule has 1 N–H and O–H groups in total. The van der Waals surface area contributed by atoms with Crippen molar-refractivity contribution in [2.45, 2.75) is 13.0 Å². The minimum absolute atomic E-state index is 0.00126. The van der Waals surface area contributed by atoms with E-state index < -0.39 is 17.7 Å². The van der Waals surface area contributed by atoms with E-state index >= 15 is 0 Å². The third-order valence-electron chi connectivity index (χ3n) is 4.46. The highest BCUT2D eigenvalue weighted by Gasteiger charge is 2.48. The largest absolute Gasteiger partial charge is 0.507 e. The van der Waals surface area contributed by atoms with Crippen LogP contribution in [-0.2, 0) is 9.59 Å². The van der Waals surface area contributed by atoms with Gasteiger partial charge >= 0.3 is 5.91 Å². The van der Waals surface area contributed by atoms with E-state index in [0.29, 0.717) is 17.1 Å². The third kappa shape index (κ3) is 2.87. The molecule has 3 heterocycles. The van der Waals surface area contributed by atoms with Crippen molar-refractivity contribution in [3.05, 3.63) is 69.6 Å². The van der Waals surface area contributed by atoms with Crippen LogP contribution in [0.15, 0.2) is 57.9 Å². The number of rotatable bonds is 4. The quantitative estimate of drug-likeness (QED) is 0.411. The zero-order chi connectivity index (χ0) is 19.8. The third-order valence-corrected chi connectivity index (χ3v) is 5.39. The molecule has 0 aliphatic carbocycles. The van der Waals surface area contributed by atoms with Crippen LogP contribution >= 0.6 is 11.3 Å². The predicted molar refractivity (Wildman–Crippen MR) is 103 cm³/mol. The van der Waals surface area contributed by atoms with Crippen LogP contribution in [0.2, 0.25) is 0 Å². The molecule has 1 fully saturated rings. The number of ether oxygens (including phenoxy) is 1. The molecule has 28 heavy (non-hydrogen) atoms. The topological polar surface area (TPSA) is 92.9 Å². The summed E-state index contributed by atoms with van der Waals surface area (Å²) < 4.78 is 10.3.